The van der Waals surface area contributed by atoms with Crippen LogP contribution in [0.3, 0.4) is 0 Å². The van der Waals surface area contributed by atoms with Gasteiger partial charge in [-0.25, -0.2) is 10.5 Å². The van der Waals surface area contributed by atoms with Crippen LogP contribution in [0, 0.1) is 6.92 Å². The smallest absolute Gasteiger partial charge is 0.274 e. The van der Waals surface area contributed by atoms with E-state index >= 15 is 0 Å². The van der Waals surface area contributed by atoms with Gasteiger partial charge < -0.3 is 9.15 Å². The highest BCUT2D eigenvalue weighted by Gasteiger charge is 2.28. The van der Waals surface area contributed by atoms with Gasteiger partial charge >= 0.3 is 0 Å². The van der Waals surface area contributed by atoms with Crippen molar-refractivity contribution in [2.24, 2.45) is 0 Å². The van der Waals surface area contributed by atoms with Gasteiger partial charge in [0.2, 0.25) is 5.89 Å². The third-order valence-electron chi connectivity index (χ3n) is 4.48. The number of aryl methyl sites for hydroxylation is 1. The molecule has 142 valence electrons. The molecule has 0 saturated heterocycles. The average Bonchev–Trinajstić information content (AvgIpc) is 3.10. The summed E-state index contributed by atoms with van der Waals surface area (Å²) in [6, 6.07) is 14.1. The molecule has 4 rings (SSSR count). The number of carbonyl (C=O) groups excluding carboxylic acids is 2. The molecule has 0 aliphatic carbocycles. The van der Waals surface area contributed by atoms with Crippen LogP contribution in [0.1, 0.15) is 21.8 Å². The molecule has 0 atom stereocenters. The van der Waals surface area contributed by atoms with Crippen molar-refractivity contribution < 1.29 is 24.0 Å². The highest BCUT2D eigenvalue weighted by Crippen LogP contribution is 2.35. The van der Waals surface area contributed by atoms with Gasteiger partial charge in [-0.05, 0) is 37.3 Å². The Hall–Kier alpha value is -3.65. The van der Waals surface area contributed by atoms with E-state index in [2.05, 4.69) is 4.98 Å². The quantitative estimate of drug-likeness (QED) is 0.533. The van der Waals surface area contributed by atoms with Crippen LogP contribution in [-0.2, 0) is 11.3 Å². The molecule has 2 amide bonds. The molecule has 1 aliphatic heterocycles. The SMILES string of the molecule is Cc1nc(-c2ccccc2)oc1CN1C(=O)COc2ccc(C(=O)NO)cc21. The molecular weight excluding hydrogens is 362 g/mol. The molecule has 0 fully saturated rings. The Bertz CT molecular complexity index is 1050. The summed E-state index contributed by atoms with van der Waals surface area (Å²) in [5, 5.41) is 8.86. The molecule has 8 heteroatoms. The maximum Gasteiger partial charge on any atom is 0.274 e. The number of hydrogen-bond acceptors (Lipinski definition) is 6. The van der Waals surface area contributed by atoms with Gasteiger partial charge in [0.25, 0.3) is 11.8 Å². The van der Waals surface area contributed by atoms with Crippen LogP contribution in [-0.4, -0.2) is 28.6 Å². The summed E-state index contributed by atoms with van der Waals surface area (Å²) in [6.07, 6.45) is 0. The van der Waals surface area contributed by atoms with Crippen molar-refractivity contribution >= 4 is 17.5 Å². The van der Waals surface area contributed by atoms with Crippen molar-refractivity contribution in [2.45, 2.75) is 13.5 Å². The summed E-state index contributed by atoms with van der Waals surface area (Å²) in [4.78, 5) is 30.2. The molecule has 1 aliphatic rings. The molecule has 8 nitrogen and oxygen atoms in total. The Kier molecular flexibility index (Phi) is 4.54. The van der Waals surface area contributed by atoms with E-state index in [9.17, 15) is 9.59 Å². The zero-order chi connectivity index (χ0) is 19.7. The highest BCUT2D eigenvalue weighted by atomic mass is 16.5. The number of aromatic nitrogens is 1. The minimum Gasteiger partial charge on any atom is -0.482 e. The molecule has 0 saturated carbocycles. The van der Waals surface area contributed by atoms with Gasteiger partial charge in [0, 0.05) is 11.1 Å². The second-order valence-corrected chi connectivity index (χ2v) is 6.29. The Morgan fingerprint density at radius 3 is 2.79 bits per heavy atom. The molecule has 2 aromatic carbocycles. The predicted octanol–water partition coefficient (Wildman–Crippen LogP) is 2.69. The average molecular weight is 379 g/mol. The van der Waals surface area contributed by atoms with Gasteiger partial charge in [0.05, 0.1) is 17.9 Å². The Morgan fingerprint density at radius 2 is 2.04 bits per heavy atom. The van der Waals surface area contributed by atoms with Gasteiger partial charge in [-0.1, -0.05) is 18.2 Å². The lowest BCUT2D eigenvalue weighted by molar-refractivity contribution is -0.121. The lowest BCUT2D eigenvalue weighted by Gasteiger charge is -2.29. The second kappa shape index (κ2) is 7.16. The monoisotopic (exact) mass is 379 g/mol. The van der Waals surface area contributed by atoms with Crippen LogP contribution in [0.5, 0.6) is 5.75 Å². The summed E-state index contributed by atoms with van der Waals surface area (Å²) < 4.78 is 11.3. The number of amides is 2. The van der Waals surface area contributed by atoms with Crippen LogP contribution in [0.15, 0.2) is 52.9 Å². The van der Waals surface area contributed by atoms with Crippen molar-refractivity contribution in [1.82, 2.24) is 10.5 Å². The minimum absolute atomic E-state index is 0.114. The van der Waals surface area contributed by atoms with E-state index in [1.165, 1.54) is 17.0 Å². The van der Waals surface area contributed by atoms with E-state index in [0.29, 0.717) is 28.8 Å². The number of anilines is 1. The lowest BCUT2D eigenvalue weighted by Crippen LogP contribution is -2.38. The molecule has 0 bridgehead atoms. The lowest BCUT2D eigenvalue weighted by atomic mass is 10.1. The summed E-state index contributed by atoms with van der Waals surface area (Å²) in [5.74, 6) is 0.531. The van der Waals surface area contributed by atoms with Crippen molar-refractivity contribution in [3.63, 3.8) is 0 Å². The zero-order valence-electron chi connectivity index (χ0n) is 15.0. The normalized spacial score (nSPS) is 13.1. The molecule has 2 heterocycles. The molecule has 3 aromatic rings. The van der Waals surface area contributed by atoms with E-state index in [0.717, 1.165) is 5.56 Å². The third kappa shape index (κ3) is 3.21. The largest absolute Gasteiger partial charge is 0.482 e. The number of nitrogens with zero attached hydrogens (tertiary/aromatic N) is 2. The fourth-order valence-corrected chi connectivity index (χ4v) is 3.00. The van der Waals surface area contributed by atoms with Crippen LogP contribution < -0.4 is 15.1 Å². The van der Waals surface area contributed by atoms with E-state index in [-0.39, 0.29) is 24.6 Å². The van der Waals surface area contributed by atoms with E-state index in [4.69, 9.17) is 14.4 Å². The summed E-state index contributed by atoms with van der Waals surface area (Å²) in [5.41, 5.74) is 3.72. The Balaban J connectivity index is 1.68. The van der Waals surface area contributed by atoms with Gasteiger partial charge in [0.1, 0.15) is 11.5 Å². The number of nitrogens with one attached hydrogen (secondary N) is 1. The predicted molar refractivity (Wildman–Crippen MR) is 99.1 cm³/mol. The fraction of sp³-hybridized carbons (Fsp3) is 0.150. The number of fused-ring (bicyclic) bond motifs is 1. The first-order valence-corrected chi connectivity index (χ1v) is 8.60. The maximum absolute atomic E-state index is 12.5. The van der Waals surface area contributed by atoms with Gasteiger partial charge in [-0.2, -0.15) is 0 Å². The number of carbonyl (C=O) groups is 2. The number of hydrogen-bond donors (Lipinski definition) is 2. The molecule has 0 unspecified atom stereocenters. The molecule has 28 heavy (non-hydrogen) atoms. The van der Waals surface area contributed by atoms with Crippen LogP contribution in [0.25, 0.3) is 11.5 Å². The fourth-order valence-electron chi connectivity index (χ4n) is 3.00. The zero-order valence-corrected chi connectivity index (χ0v) is 15.0. The number of oxazole rings is 1. The van der Waals surface area contributed by atoms with Gasteiger partial charge in [-0.15, -0.1) is 0 Å². The molecule has 1 aromatic heterocycles. The Labute approximate surface area is 160 Å². The minimum atomic E-state index is -0.678. The molecule has 0 radical (unpaired) electrons. The number of ether oxygens (including phenoxy) is 1. The first kappa shape index (κ1) is 17.7. The Morgan fingerprint density at radius 1 is 1.25 bits per heavy atom. The van der Waals surface area contributed by atoms with Crippen molar-refractivity contribution in [2.75, 3.05) is 11.5 Å². The van der Waals surface area contributed by atoms with Crippen molar-refractivity contribution in [3.8, 4) is 17.2 Å². The highest BCUT2D eigenvalue weighted by molar-refractivity contribution is 6.00. The summed E-state index contributed by atoms with van der Waals surface area (Å²) >= 11 is 0. The van der Waals surface area contributed by atoms with Crippen molar-refractivity contribution in [1.29, 1.82) is 0 Å². The number of rotatable bonds is 4. The standard InChI is InChI=1S/C20H17N3O5/c1-12-17(28-20(21-12)13-5-3-2-4-6-13)10-23-15-9-14(19(25)22-26)7-8-16(15)27-11-18(23)24/h2-9,26H,10-11H2,1H3,(H,22,25). The van der Waals surface area contributed by atoms with Crippen LogP contribution in [0.4, 0.5) is 5.69 Å². The van der Waals surface area contributed by atoms with Crippen LogP contribution in [0.2, 0.25) is 0 Å². The third-order valence-corrected chi connectivity index (χ3v) is 4.48. The van der Waals surface area contributed by atoms with Crippen LogP contribution >= 0.6 is 0 Å². The topological polar surface area (TPSA) is 105 Å². The van der Waals surface area contributed by atoms with Gasteiger partial charge in [-0.3, -0.25) is 19.7 Å². The first-order valence-electron chi connectivity index (χ1n) is 8.60. The maximum atomic E-state index is 12.5. The summed E-state index contributed by atoms with van der Waals surface area (Å²) in [6.45, 7) is 1.84. The first-order chi connectivity index (χ1) is 13.6. The molecule has 0 spiro atoms. The molecular formula is C20H17N3O5. The van der Waals surface area contributed by atoms with E-state index in [1.54, 1.807) is 11.5 Å². The summed E-state index contributed by atoms with van der Waals surface area (Å²) in [7, 11) is 0. The van der Waals surface area contributed by atoms with Gasteiger partial charge in [0.15, 0.2) is 6.61 Å². The van der Waals surface area contributed by atoms with E-state index < -0.39 is 5.91 Å². The number of benzene rings is 2. The molecule has 2 N–H and O–H groups in total. The van der Waals surface area contributed by atoms with Crippen molar-refractivity contribution in [3.05, 3.63) is 65.5 Å². The van der Waals surface area contributed by atoms with E-state index in [1.807, 2.05) is 37.3 Å². The second-order valence-electron chi connectivity index (χ2n) is 6.29. The number of hydroxylamine groups is 1.